The van der Waals surface area contributed by atoms with E-state index in [9.17, 15) is 13.6 Å². The molecule has 1 aromatic rings. The minimum atomic E-state index is -2.82. The molecule has 0 saturated carbocycles. The highest BCUT2D eigenvalue weighted by Gasteiger charge is 2.21. The highest BCUT2D eigenvalue weighted by atomic mass is 35.5. The van der Waals surface area contributed by atoms with E-state index in [1.165, 1.54) is 6.92 Å². The van der Waals surface area contributed by atoms with Crippen LogP contribution in [0.1, 0.15) is 28.0 Å². The van der Waals surface area contributed by atoms with E-state index in [2.05, 4.69) is 4.98 Å². The second-order valence-corrected chi connectivity index (χ2v) is 2.97. The van der Waals surface area contributed by atoms with E-state index in [0.29, 0.717) is 0 Å². The summed E-state index contributed by atoms with van der Waals surface area (Å²) < 4.78 is 24.8. The van der Waals surface area contributed by atoms with E-state index in [0.717, 1.165) is 6.20 Å². The number of carboxylic acid groups (broad SMARTS) is 1. The highest BCUT2D eigenvalue weighted by molar-refractivity contribution is 6.34. The van der Waals surface area contributed by atoms with Crippen molar-refractivity contribution in [3.05, 3.63) is 28.0 Å². The summed E-state index contributed by atoms with van der Waals surface area (Å²) >= 11 is 5.50. The molecule has 0 bridgehead atoms. The van der Waals surface area contributed by atoms with Crippen molar-refractivity contribution < 1.29 is 18.7 Å². The van der Waals surface area contributed by atoms with E-state index < -0.39 is 28.5 Å². The molecular weight excluding hydrogens is 216 g/mol. The Balaban J connectivity index is 3.41. The van der Waals surface area contributed by atoms with Crippen LogP contribution in [0.4, 0.5) is 8.78 Å². The molecule has 76 valence electrons. The molecule has 1 aromatic heterocycles. The van der Waals surface area contributed by atoms with Crippen LogP contribution in [0.25, 0.3) is 0 Å². The second-order valence-electron chi connectivity index (χ2n) is 2.59. The van der Waals surface area contributed by atoms with Crippen LogP contribution in [0.15, 0.2) is 6.20 Å². The minimum Gasteiger partial charge on any atom is -0.478 e. The van der Waals surface area contributed by atoms with Crippen LogP contribution < -0.4 is 0 Å². The molecule has 0 aromatic carbocycles. The van der Waals surface area contributed by atoms with Gasteiger partial charge in [-0.15, -0.1) is 0 Å². The second kappa shape index (κ2) is 3.88. The number of aromatic carboxylic acids is 1. The highest BCUT2D eigenvalue weighted by Crippen LogP contribution is 2.31. The Kier molecular flexibility index (Phi) is 3.00. The van der Waals surface area contributed by atoms with Gasteiger partial charge in [0.15, 0.2) is 0 Å². The Morgan fingerprint density at radius 3 is 2.64 bits per heavy atom. The number of carboxylic acids is 1. The molecule has 0 aliphatic carbocycles. The number of hydrogen-bond donors (Lipinski definition) is 1. The van der Waals surface area contributed by atoms with Gasteiger partial charge in [-0.2, -0.15) is 0 Å². The van der Waals surface area contributed by atoms with Crippen molar-refractivity contribution in [2.24, 2.45) is 0 Å². The number of halogens is 3. The summed E-state index contributed by atoms with van der Waals surface area (Å²) in [6.45, 7) is 1.35. The lowest BCUT2D eigenvalue weighted by Gasteiger charge is -2.08. The van der Waals surface area contributed by atoms with Crippen molar-refractivity contribution in [3.63, 3.8) is 0 Å². The summed E-state index contributed by atoms with van der Waals surface area (Å²) in [5.74, 6) is -1.37. The van der Waals surface area contributed by atoms with Crippen LogP contribution in [0.3, 0.4) is 0 Å². The maximum atomic E-state index is 12.4. The molecule has 0 aliphatic heterocycles. The fourth-order valence-electron chi connectivity index (χ4n) is 0.994. The Labute approximate surface area is 83.3 Å². The van der Waals surface area contributed by atoms with Gasteiger partial charge in [-0.3, -0.25) is 4.98 Å². The predicted molar refractivity (Wildman–Crippen MR) is 45.9 cm³/mol. The zero-order valence-electron chi connectivity index (χ0n) is 7.09. The lowest BCUT2D eigenvalue weighted by Crippen LogP contribution is -2.04. The van der Waals surface area contributed by atoms with Crippen molar-refractivity contribution in [1.82, 2.24) is 4.98 Å². The number of alkyl halides is 2. The quantitative estimate of drug-likeness (QED) is 0.835. The van der Waals surface area contributed by atoms with Crippen LogP contribution in [-0.4, -0.2) is 16.1 Å². The molecule has 1 rings (SSSR count). The normalized spacial score (nSPS) is 10.6. The predicted octanol–water partition coefficient (Wildman–Crippen LogP) is 2.68. The number of aryl methyl sites for hydroxylation is 1. The van der Waals surface area contributed by atoms with Gasteiger partial charge in [-0.25, -0.2) is 13.6 Å². The molecule has 0 unspecified atom stereocenters. The first kappa shape index (κ1) is 10.8. The van der Waals surface area contributed by atoms with Gasteiger partial charge in [0.25, 0.3) is 6.43 Å². The SMILES string of the molecule is Cc1ncc(C(=O)O)c(Cl)c1C(F)F. The third-order valence-electron chi connectivity index (χ3n) is 1.70. The third kappa shape index (κ3) is 1.82. The standard InChI is InChI=1S/C8H6ClF2NO2/c1-3-5(7(10)11)6(9)4(2-12-3)8(13)14/h2,7H,1H3,(H,13,14). The summed E-state index contributed by atoms with van der Waals surface area (Å²) in [4.78, 5) is 14.1. The van der Waals surface area contributed by atoms with Crippen molar-refractivity contribution in [2.45, 2.75) is 13.3 Å². The van der Waals surface area contributed by atoms with Gasteiger partial charge in [0.05, 0.1) is 16.1 Å². The molecule has 1 heterocycles. The Morgan fingerprint density at radius 1 is 1.64 bits per heavy atom. The molecule has 0 saturated heterocycles. The minimum absolute atomic E-state index is 0.0370. The van der Waals surface area contributed by atoms with Crippen LogP contribution in [0.2, 0.25) is 5.02 Å². The van der Waals surface area contributed by atoms with Crippen LogP contribution in [0, 0.1) is 6.92 Å². The van der Waals surface area contributed by atoms with Gasteiger partial charge in [-0.1, -0.05) is 11.6 Å². The average molecular weight is 222 g/mol. The third-order valence-corrected chi connectivity index (χ3v) is 2.11. The monoisotopic (exact) mass is 221 g/mol. The summed E-state index contributed by atoms with van der Waals surface area (Å²) in [6.07, 6.45) is -1.86. The van der Waals surface area contributed by atoms with E-state index in [-0.39, 0.29) is 5.69 Å². The molecule has 0 radical (unpaired) electrons. The first-order valence-corrected chi connectivity index (χ1v) is 3.99. The number of pyridine rings is 1. The lowest BCUT2D eigenvalue weighted by molar-refractivity contribution is 0.0696. The Bertz CT molecular complexity index is 382. The summed E-state index contributed by atoms with van der Waals surface area (Å²) in [5, 5.41) is 8.15. The van der Waals surface area contributed by atoms with Crippen LogP contribution in [0.5, 0.6) is 0 Å². The molecule has 0 fully saturated rings. The average Bonchev–Trinajstić information content (AvgIpc) is 2.02. The molecule has 0 amide bonds. The first-order valence-electron chi connectivity index (χ1n) is 3.61. The first-order chi connectivity index (χ1) is 6.45. The van der Waals surface area contributed by atoms with Crippen molar-refractivity contribution >= 4 is 17.6 Å². The molecule has 14 heavy (non-hydrogen) atoms. The summed E-state index contributed by atoms with van der Waals surface area (Å²) in [6, 6.07) is 0. The Morgan fingerprint density at radius 2 is 2.21 bits per heavy atom. The van der Waals surface area contributed by atoms with Crippen molar-refractivity contribution in [1.29, 1.82) is 0 Å². The number of carbonyl (C=O) groups is 1. The molecule has 6 heteroatoms. The van der Waals surface area contributed by atoms with Gasteiger partial charge in [0.1, 0.15) is 0 Å². The van der Waals surface area contributed by atoms with E-state index in [1.54, 1.807) is 0 Å². The maximum absolute atomic E-state index is 12.4. The molecular formula is C8H6ClF2NO2. The summed E-state index contributed by atoms with van der Waals surface area (Å²) in [7, 11) is 0. The zero-order valence-corrected chi connectivity index (χ0v) is 7.85. The molecule has 0 aliphatic rings. The molecule has 0 spiro atoms. The van der Waals surface area contributed by atoms with Gasteiger partial charge >= 0.3 is 5.97 Å². The van der Waals surface area contributed by atoms with Gasteiger partial charge in [0.2, 0.25) is 0 Å². The van der Waals surface area contributed by atoms with Crippen LogP contribution >= 0.6 is 11.6 Å². The van der Waals surface area contributed by atoms with Gasteiger partial charge in [0, 0.05) is 11.9 Å². The van der Waals surface area contributed by atoms with Crippen LogP contribution in [-0.2, 0) is 0 Å². The topological polar surface area (TPSA) is 50.2 Å². The van der Waals surface area contributed by atoms with E-state index in [1.807, 2.05) is 0 Å². The number of hydrogen-bond acceptors (Lipinski definition) is 2. The number of nitrogens with zero attached hydrogens (tertiary/aromatic N) is 1. The fourth-order valence-corrected chi connectivity index (χ4v) is 1.34. The van der Waals surface area contributed by atoms with E-state index >= 15 is 0 Å². The molecule has 0 atom stereocenters. The lowest BCUT2D eigenvalue weighted by atomic mass is 10.1. The number of rotatable bonds is 2. The van der Waals surface area contributed by atoms with Gasteiger partial charge < -0.3 is 5.11 Å². The molecule has 1 N–H and O–H groups in total. The number of aromatic nitrogens is 1. The molecule has 3 nitrogen and oxygen atoms in total. The van der Waals surface area contributed by atoms with Crippen molar-refractivity contribution in [3.8, 4) is 0 Å². The van der Waals surface area contributed by atoms with Crippen molar-refractivity contribution in [2.75, 3.05) is 0 Å². The van der Waals surface area contributed by atoms with E-state index in [4.69, 9.17) is 16.7 Å². The zero-order chi connectivity index (χ0) is 10.9. The largest absolute Gasteiger partial charge is 0.478 e. The smallest absolute Gasteiger partial charge is 0.338 e. The maximum Gasteiger partial charge on any atom is 0.338 e. The fraction of sp³-hybridized carbons (Fsp3) is 0.250. The van der Waals surface area contributed by atoms with Gasteiger partial charge in [-0.05, 0) is 6.92 Å². The Hall–Kier alpha value is -1.23. The summed E-state index contributed by atoms with van der Waals surface area (Å²) in [5.41, 5.74) is -0.894.